The Hall–Kier alpha value is -0.130. The molecule has 2 fully saturated rings. The Labute approximate surface area is 72.2 Å². The summed E-state index contributed by atoms with van der Waals surface area (Å²) in [5.74, 6) is 0.488. The van der Waals surface area contributed by atoms with Gasteiger partial charge < -0.3 is 10.1 Å². The maximum atomic E-state index is 11.2. The molecule has 2 aliphatic heterocycles. The van der Waals surface area contributed by atoms with Gasteiger partial charge in [-0.25, -0.2) is 8.42 Å². The third kappa shape index (κ3) is 1.48. The van der Waals surface area contributed by atoms with E-state index >= 15 is 0 Å². The molecule has 1 N–H and O–H groups in total. The van der Waals surface area contributed by atoms with E-state index in [2.05, 4.69) is 5.32 Å². The van der Waals surface area contributed by atoms with Gasteiger partial charge in [0.2, 0.25) is 0 Å². The highest BCUT2D eigenvalue weighted by Gasteiger charge is 2.44. The Morgan fingerprint density at radius 2 is 2.25 bits per heavy atom. The van der Waals surface area contributed by atoms with E-state index in [-0.39, 0.29) is 11.5 Å². The van der Waals surface area contributed by atoms with Gasteiger partial charge in [0.1, 0.15) is 0 Å². The third-order valence-electron chi connectivity index (χ3n) is 2.49. The number of morpholine rings is 1. The zero-order chi connectivity index (χ0) is 8.66. The second-order valence-electron chi connectivity index (χ2n) is 3.55. The van der Waals surface area contributed by atoms with Gasteiger partial charge in [-0.15, -0.1) is 0 Å². The van der Waals surface area contributed by atoms with Gasteiger partial charge in [-0.05, 0) is 6.42 Å². The fourth-order valence-electron chi connectivity index (χ4n) is 1.85. The first-order valence-electron chi connectivity index (χ1n) is 4.17. The molecular formula is C7H13NO3S. The van der Waals surface area contributed by atoms with Crippen LogP contribution in [-0.2, 0) is 14.6 Å². The quantitative estimate of drug-likeness (QED) is 0.542. The van der Waals surface area contributed by atoms with Crippen molar-refractivity contribution in [1.29, 1.82) is 0 Å². The molecule has 0 amide bonds. The molecule has 0 aliphatic carbocycles. The van der Waals surface area contributed by atoms with E-state index < -0.39 is 15.4 Å². The van der Waals surface area contributed by atoms with Crippen LogP contribution in [0.1, 0.15) is 6.42 Å². The molecule has 2 heterocycles. The van der Waals surface area contributed by atoms with Crippen molar-refractivity contribution in [3.05, 3.63) is 0 Å². The molecule has 0 aromatic carbocycles. The molecule has 0 aromatic rings. The highest BCUT2D eigenvalue weighted by Crippen LogP contribution is 2.27. The molecule has 1 atom stereocenters. The number of hydrogen-bond donors (Lipinski definition) is 1. The normalized spacial score (nSPS) is 40.3. The van der Waals surface area contributed by atoms with Crippen LogP contribution in [0.3, 0.4) is 0 Å². The molecular weight excluding hydrogens is 178 g/mol. The van der Waals surface area contributed by atoms with Crippen LogP contribution in [0.15, 0.2) is 0 Å². The number of ether oxygens (including phenoxy) is 1. The van der Waals surface area contributed by atoms with Crippen LogP contribution < -0.4 is 5.32 Å². The van der Waals surface area contributed by atoms with Gasteiger partial charge in [-0.1, -0.05) is 0 Å². The fraction of sp³-hybridized carbons (Fsp3) is 1.00. The molecule has 0 unspecified atom stereocenters. The summed E-state index contributed by atoms with van der Waals surface area (Å²) in [6.45, 7) is 2.16. The Balaban J connectivity index is 2.13. The molecule has 12 heavy (non-hydrogen) atoms. The van der Waals surface area contributed by atoms with E-state index in [0.29, 0.717) is 19.6 Å². The number of rotatable bonds is 0. The van der Waals surface area contributed by atoms with Gasteiger partial charge in [0.15, 0.2) is 9.84 Å². The van der Waals surface area contributed by atoms with Crippen molar-refractivity contribution in [3.63, 3.8) is 0 Å². The molecule has 4 nitrogen and oxygen atoms in total. The summed E-state index contributed by atoms with van der Waals surface area (Å²) >= 11 is 0. The van der Waals surface area contributed by atoms with Crippen molar-refractivity contribution in [2.75, 3.05) is 31.2 Å². The number of hydrogen-bond acceptors (Lipinski definition) is 4. The maximum absolute atomic E-state index is 11.2. The second-order valence-corrected chi connectivity index (χ2v) is 5.73. The Kier molecular flexibility index (Phi) is 1.89. The second kappa shape index (κ2) is 2.68. The average Bonchev–Trinajstić information content (AvgIpc) is 2.29. The lowest BCUT2D eigenvalue weighted by molar-refractivity contribution is -0.0465. The zero-order valence-corrected chi connectivity index (χ0v) is 7.69. The van der Waals surface area contributed by atoms with Gasteiger partial charge in [-0.3, -0.25) is 0 Å². The van der Waals surface area contributed by atoms with Gasteiger partial charge in [0, 0.05) is 13.1 Å². The van der Waals surface area contributed by atoms with Crippen molar-refractivity contribution in [2.45, 2.75) is 12.0 Å². The molecule has 2 saturated heterocycles. The van der Waals surface area contributed by atoms with Crippen molar-refractivity contribution >= 4 is 9.84 Å². The summed E-state index contributed by atoms with van der Waals surface area (Å²) in [5, 5.41) is 3.17. The van der Waals surface area contributed by atoms with E-state index in [9.17, 15) is 8.42 Å². The van der Waals surface area contributed by atoms with Crippen LogP contribution in [0, 0.1) is 0 Å². The molecule has 0 aromatic heterocycles. The summed E-state index contributed by atoms with van der Waals surface area (Å²) in [4.78, 5) is 0. The minimum Gasteiger partial charge on any atom is -0.371 e. The lowest BCUT2D eigenvalue weighted by Gasteiger charge is -2.32. The van der Waals surface area contributed by atoms with E-state index in [1.807, 2.05) is 0 Å². The van der Waals surface area contributed by atoms with Crippen molar-refractivity contribution in [3.8, 4) is 0 Å². The zero-order valence-electron chi connectivity index (χ0n) is 6.88. The highest BCUT2D eigenvalue weighted by molar-refractivity contribution is 7.91. The molecule has 0 radical (unpaired) electrons. The average molecular weight is 191 g/mol. The smallest absolute Gasteiger partial charge is 0.153 e. The summed E-state index contributed by atoms with van der Waals surface area (Å²) in [6.07, 6.45) is 0.655. The van der Waals surface area contributed by atoms with E-state index in [1.165, 1.54) is 0 Å². The van der Waals surface area contributed by atoms with Crippen molar-refractivity contribution < 1.29 is 13.2 Å². The molecule has 5 heteroatoms. The summed E-state index contributed by atoms with van der Waals surface area (Å²) in [7, 11) is -2.82. The third-order valence-corrected chi connectivity index (χ3v) is 4.28. The van der Waals surface area contributed by atoms with Crippen LogP contribution in [0.2, 0.25) is 0 Å². The number of sulfone groups is 1. The fourth-order valence-corrected chi connectivity index (χ4v) is 3.81. The summed E-state index contributed by atoms with van der Waals surface area (Å²) in [5.41, 5.74) is -0.392. The lowest BCUT2D eigenvalue weighted by Crippen LogP contribution is -2.50. The molecule has 0 bridgehead atoms. The largest absolute Gasteiger partial charge is 0.371 e. The minimum absolute atomic E-state index is 0.201. The molecule has 1 spiro atoms. The topological polar surface area (TPSA) is 55.4 Å². The van der Waals surface area contributed by atoms with E-state index in [0.717, 1.165) is 6.54 Å². The Morgan fingerprint density at radius 3 is 2.75 bits per heavy atom. The summed E-state index contributed by atoms with van der Waals surface area (Å²) < 4.78 is 27.9. The highest BCUT2D eigenvalue weighted by atomic mass is 32.2. The SMILES string of the molecule is O=S1(=O)CC[C@]2(CNCCO2)C1. The van der Waals surface area contributed by atoms with Crippen LogP contribution >= 0.6 is 0 Å². The van der Waals surface area contributed by atoms with Crippen LogP contribution in [-0.4, -0.2) is 45.2 Å². The molecule has 2 rings (SSSR count). The van der Waals surface area contributed by atoms with E-state index in [1.54, 1.807) is 0 Å². The number of nitrogens with one attached hydrogen (secondary N) is 1. The van der Waals surface area contributed by atoms with Crippen molar-refractivity contribution in [1.82, 2.24) is 5.32 Å². The molecule has 0 saturated carbocycles. The Morgan fingerprint density at radius 1 is 1.42 bits per heavy atom. The van der Waals surface area contributed by atoms with Gasteiger partial charge in [0.25, 0.3) is 0 Å². The maximum Gasteiger partial charge on any atom is 0.153 e. The van der Waals surface area contributed by atoms with Gasteiger partial charge in [0.05, 0.1) is 23.7 Å². The standard InChI is InChI=1S/C7H13NO3S/c9-12(10)4-1-7(6-12)5-8-2-3-11-7/h8H,1-6H2/t7-/m0/s1. The minimum atomic E-state index is -2.82. The van der Waals surface area contributed by atoms with Crippen LogP contribution in [0.5, 0.6) is 0 Å². The monoisotopic (exact) mass is 191 g/mol. The Bertz CT molecular complexity index is 266. The predicted molar refractivity (Wildman–Crippen MR) is 44.8 cm³/mol. The van der Waals surface area contributed by atoms with E-state index in [4.69, 9.17) is 4.74 Å². The first-order valence-corrected chi connectivity index (χ1v) is 5.99. The van der Waals surface area contributed by atoms with Gasteiger partial charge >= 0.3 is 0 Å². The first-order chi connectivity index (χ1) is 5.62. The van der Waals surface area contributed by atoms with Crippen LogP contribution in [0.4, 0.5) is 0 Å². The summed E-state index contributed by atoms with van der Waals surface area (Å²) in [6, 6.07) is 0. The first kappa shape index (κ1) is 8.47. The molecule has 70 valence electrons. The molecule has 2 aliphatic rings. The van der Waals surface area contributed by atoms with Gasteiger partial charge in [-0.2, -0.15) is 0 Å². The lowest BCUT2D eigenvalue weighted by atomic mass is 10.0. The van der Waals surface area contributed by atoms with Crippen molar-refractivity contribution in [2.24, 2.45) is 0 Å². The van der Waals surface area contributed by atoms with Crippen LogP contribution in [0.25, 0.3) is 0 Å². The predicted octanol–water partition coefficient (Wildman–Crippen LogP) is -0.836.